The van der Waals surface area contributed by atoms with Crippen LogP contribution < -0.4 is 0 Å². The molecule has 0 spiro atoms. The van der Waals surface area contributed by atoms with Crippen molar-refractivity contribution in [3.05, 3.63) is 152 Å². The lowest BCUT2D eigenvalue weighted by molar-refractivity contribution is 0.671. The molecule has 0 amide bonds. The summed E-state index contributed by atoms with van der Waals surface area (Å²) in [5.74, 6) is 0.627. The van der Waals surface area contributed by atoms with E-state index >= 15 is 0 Å². The fraction of sp³-hybridized carbons (Fsp3) is 0. The lowest BCUT2D eigenvalue weighted by Crippen LogP contribution is -2.03. The van der Waals surface area contributed by atoms with Crippen LogP contribution >= 0.6 is 11.3 Å². The van der Waals surface area contributed by atoms with Gasteiger partial charge < -0.3 is 4.42 Å². The quantitative estimate of drug-likeness (QED) is 0.172. The van der Waals surface area contributed by atoms with Crippen molar-refractivity contribution in [2.75, 3.05) is 0 Å². The van der Waals surface area contributed by atoms with Gasteiger partial charge in [0.25, 0.3) is 0 Å². The average Bonchev–Trinajstić information content (AvgIpc) is 3.88. The molecular formula is C46H25N3OS. The molecule has 51 heavy (non-hydrogen) atoms. The molecule has 4 nitrogen and oxygen atoms in total. The first kappa shape index (κ1) is 27.3. The second-order valence-electron chi connectivity index (χ2n) is 13.2. The third-order valence-electron chi connectivity index (χ3n) is 10.6. The molecule has 0 saturated heterocycles. The predicted octanol–water partition coefficient (Wildman–Crippen LogP) is 13.0. The zero-order chi connectivity index (χ0) is 33.2. The van der Waals surface area contributed by atoms with Crippen LogP contribution in [0.25, 0.3) is 114 Å². The van der Waals surface area contributed by atoms with Crippen LogP contribution in [0.3, 0.4) is 0 Å². The SMILES string of the molecule is c1ccc(-c2nc(-n3c4ccccc4c4c5c6ccccc6c6ccccc6c5c5c6ccccc6oc5c43)nc3c2sc2ccccc23)cc1. The van der Waals surface area contributed by atoms with Gasteiger partial charge in [-0.05, 0) is 39.7 Å². The Bertz CT molecular complexity index is 3430. The Morgan fingerprint density at radius 2 is 1.06 bits per heavy atom. The van der Waals surface area contributed by atoms with Crippen LogP contribution in [0, 0.1) is 0 Å². The minimum absolute atomic E-state index is 0.627. The second-order valence-corrected chi connectivity index (χ2v) is 14.3. The third kappa shape index (κ3) is 3.58. The van der Waals surface area contributed by atoms with Gasteiger partial charge in [-0.3, -0.25) is 4.57 Å². The van der Waals surface area contributed by atoms with Crippen LogP contribution in [0.2, 0.25) is 0 Å². The van der Waals surface area contributed by atoms with Crippen molar-refractivity contribution in [3.63, 3.8) is 0 Å². The van der Waals surface area contributed by atoms with E-state index in [2.05, 4.69) is 156 Å². The van der Waals surface area contributed by atoms with Gasteiger partial charge in [0.2, 0.25) is 5.95 Å². The molecule has 8 aromatic carbocycles. The molecule has 0 N–H and O–H groups in total. The van der Waals surface area contributed by atoms with Gasteiger partial charge >= 0.3 is 0 Å². The highest BCUT2D eigenvalue weighted by molar-refractivity contribution is 7.26. The third-order valence-corrected chi connectivity index (χ3v) is 11.7. The molecule has 5 heteroatoms. The fourth-order valence-electron chi connectivity index (χ4n) is 8.51. The Hall–Kier alpha value is -6.56. The highest BCUT2D eigenvalue weighted by Gasteiger charge is 2.27. The molecule has 4 heterocycles. The molecule has 0 radical (unpaired) electrons. The molecule has 0 aliphatic heterocycles. The highest BCUT2D eigenvalue weighted by atomic mass is 32.1. The lowest BCUT2D eigenvalue weighted by Gasteiger charge is -2.14. The normalized spacial score (nSPS) is 12.3. The first-order chi connectivity index (χ1) is 25.3. The minimum Gasteiger partial charge on any atom is -0.454 e. The number of para-hydroxylation sites is 2. The molecular weight excluding hydrogens is 643 g/mol. The molecule has 4 aromatic heterocycles. The predicted molar refractivity (Wildman–Crippen MR) is 214 cm³/mol. The minimum atomic E-state index is 0.627. The molecule has 12 rings (SSSR count). The Kier molecular flexibility index (Phi) is 5.35. The zero-order valence-electron chi connectivity index (χ0n) is 27.1. The van der Waals surface area contributed by atoms with Gasteiger partial charge in [0, 0.05) is 48.0 Å². The summed E-state index contributed by atoms with van der Waals surface area (Å²) in [5, 5.41) is 13.0. The maximum absolute atomic E-state index is 7.01. The number of aromatic nitrogens is 3. The van der Waals surface area contributed by atoms with Gasteiger partial charge in [-0.2, -0.15) is 0 Å². The monoisotopic (exact) mass is 667 g/mol. The number of thiophene rings is 1. The molecule has 0 fully saturated rings. The fourth-order valence-corrected chi connectivity index (χ4v) is 9.66. The standard InChI is InChI=1S/C46H25N3OS/c1-2-14-26(15-3-1)41-45-42(33-22-10-13-25-36(33)51-45)48-46(47-41)49-34-23-11-8-20-31(34)39-37-29-18-6-4-16-27(29)28-17-5-7-19-30(28)38(37)40-32-21-9-12-24-35(32)50-44(40)43(39)49/h1-25H. The van der Waals surface area contributed by atoms with E-state index in [4.69, 9.17) is 14.4 Å². The number of rotatable bonds is 2. The van der Waals surface area contributed by atoms with Crippen LogP contribution in [-0.4, -0.2) is 14.5 Å². The summed E-state index contributed by atoms with van der Waals surface area (Å²) in [7, 11) is 0. The molecule has 0 unspecified atom stereocenters. The smallest absolute Gasteiger partial charge is 0.236 e. The number of fused-ring (bicyclic) bond motifs is 18. The summed E-state index contributed by atoms with van der Waals surface area (Å²) in [6, 6.07) is 53.8. The van der Waals surface area contributed by atoms with Crippen molar-refractivity contribution < 1.29 is 4.42 Å². The Morgan fingerprint density at radius 1 is 0.471 bits per heavy atom. The molecule has 0 atom stereocenters. The second kappa shape index (κ2) is 10.0. The maximum Gasteiger partial charge on any atom is 0.236 e. The van der Waals surface area contributed by atoms with E-state index in [-0.39, 0.29) is 0 Å². The van der Waals surface area contributed by atoms with E-state index in [0.717, 1.165) is 70.6 Å². The van der Waals surface area contributed by atoms with E-state index < -0.39 is 0 Å². The number of hydrogen-bond donors (Lipinski definition) is 0. The van der Waals surface area contributed by atoms with E-state index in [1.54, 1.807) is 11.3 Å². The first-order valence-electron chi connectivity index (χ1n) is 17.2. The first-order valence-corrected chi connectivity index (χ1v) is 18.0. The van der Waals surface area contributed by atoms with Crippen molar-refractivity contribution in [3.8, 4) is 17.2 Å². The summed E-state index contributed by atoms with van der Waals surface area (Å²) in [4.78, 5) is 10.9. The number of nitrogens with zero attached hydrogens (tertiary/aromatic N) is 3. The Morgan fingerprint density at radius 3 is 1.82 bits per heavy atom. The zero-order valence-corrected chi connectivity index (χ0v) is 27.9. The number of furan rings is 1. The van der Waals surface area contributed by atoms with Crippen LogP contribution in [0.1, 0.15) is 0 Å². The van der Waals surface area contributed by atoms with Gasteiger partial charge in [-0.25, -0.2) is 9.97 Å². The summed E-state index contributed by atoms with van der Waals surface area (Å²) < 4.78 is 11.6. The molecule has 0 aliphatic rings. The van der Waals surface area contributed by atoms with E-state index in [0.29, 0.717) is 5.95 Å². The van der Waals surface area contributed by atoms with Gasteiger partial charge in [0.05, 0.1) is 21.4 Å². The summed E-state index contributed by atoms with van der Waals surface area (Å²) in [6.07, 6.45) is 0. The molecule has 0 saturated carbocycles. The summed E-state index contributed by atoms with van der Waals surface area (Å²) in [6.45, 7) is 0. The van der Waals surface area contributed by atoms with E-state index in [1.807, 2.05) is 0 Å². The molecule has 0 aliphatic carbocycles. The van der Waals surface area contributed by atoms with Crippen LogP contribution in [0.4, 0.5) is 0 Å². The van der Waals surface area contributed by atoms with Crippen molar-refractivity contribution in [2.24, 2.45) is 0 Å². The molecule has 12 aromatic rings. The van der Waals surface area contributed by atoms with Crippen molar-refractivity contribution >= 4 is 108 Å². The number of benzene rings is 8. The summed E-state index contributed by atoms with van der Waals surface area (Å²) >= 11 is 1.75. The van der Waals surface area contributed by atoms with Crippen molar-refractivity contribution in [1.82, 2.24) is 14.5 Å². The van der Waals surface area contributed by atoms with Crippen molar-refractivity contribution in [2.45, 2.75) is 0 Å². The lowest BCUT2D eigenvalue weighted by atomic mass is 9.89. The highest BCUT2D eigenvalue weighted by Crippen LogP contribution is 2.50. The van der Waals surface area contributed by atoms with Crippen LogP contribution in [0.5, 0.6) is 0 Å². The number of hydrogen-bond acceptors (Lipinski definition) is 4. The largest absolute Gasteiger partial charge is 0.454 e. The maximum atomic E-state index is 7.01. The average molecular weight is 668 g/mol. The molecule has 0 bridgehead atoms. The summed E-state index contributed by atoms with van der Waals surface area (Å²) in [5.41, 5.74) is 6.68. The Labute approximate surface area is 294 Å². The van der Waals surface area contributed by atoms with Gasteiger partial charge in [-0.15, -0.1) is 11.3 Å². The van der Waals surface area contributed by atoms with Crippen molar-refractivity contribution in [1.29, 1.82) is 0 Å². The van der Waals surface area contributed by atoms with Crippen LogP contribution in [-0.2, 0) is 0 Å². The topological polar surface area (TPSA) is 43.9 Å². The van der Waals surface area contributed by atoms with Gasteiger partial charge in [-0.1, -0.05) is 133 Å². The van der Waals surface area contributed by atoms with Crippen LogP contribution in [0.15, 0.2) is 156 Å². The Balaban J connectivity index is 1.38. The van der Waals surface area contributed by atoms with Gasteiger partial charge in [0.1, 0.15) is 11.1 Å². The van der Waals surface area contributed by atoms with Gasteiger partial charge in [0.15, 0.2) is 5.58 Å². The molecule has 236 valence electrons. The van der Waals surface area contributed by atoms with E-state index in [9.17, 15) is 0 Å². The van der Waals surface area contributed by atoms with E-state index in [1.165, 1.54) is 37.0 Å².